The molecule has 0 radical (unpaired) electrons. The number of aromatic nitrogens is 2. The minimum absolute atomic E-state index is 0.389. The third-order valence-electron chi connectivity index (χ3n) is 1.52. The molecule has 0 saturated carbocycles. The Balaban J connectivity index is 2.90. The fraction of sp³-hybridized carbons (Fsp3) is 0.429. The molecule has 0 aliphatic carbocycles. The van der Waals surface area contributed by atoms with Crippen molar-refractivity contribution in [1.29, 1.82) is 0 Å². The van der Waals surface area contributed by atoms with E-state index < -0.39 is 0 Å². The maximum absolute atomic E-state index is 10.4. The number of carbonyl (C=O) groups excluding carboxylic acids is 1. The minimum Gasteiger partial charge on any atom is -0.362 e. The van der Waals surface area contributed by atoms with E-state index in [1.54, 1.807) is 11.8 Å². The largest absolute Gasteiger partial charge is 0.362 e. The van der Waals surface area contributed by atoms with Gasteiger partial charge in [-0.1, -0.05) is 0 Å². The van der Waals surface area contributed by atoms with E-state index in [0.29, 0.717) is 12.3 Å². The van der Waals surface area contributed by atoms with Gasteiger partial charge in [-0.15, -0.1) is 0 Å². The normalized spacial score (nSPS) is 10.0. The van der Waals surface area contributed by atoms with Crippen molar-refractivity contribution in [3.05, 3.63) is 17.5 Å². The van der Waals surface area contributed by atoms with Gasteiger partial charge in [0, 0.05) is 12.8 Å². The molecular weight excluding hydrogens is 144 g/mol. The molecule has 0 aromatic carbocycles. The van der Waals surface area contributed by atoms with Crippen LogP contribution in [0.4, 0.5) is 0 Å². The summed E-state index contributed by atoms with van der Waals surface area (Å²) in [5.41, 5.74) is 1.45. The topological polar surface area (TPSA) is 44.1 Å². The van der Waals surface area contributed by atoms with Gasteiger partial charge in [0.25, 0.3) is 0 Å². The lowest BCUT2D eigenvalue weighted by Crippen LogP contribution is -2.03. The molecule has 1 heterocycles. The monoisotopic (exact) mass is 154 g/mol. The molecule has 11 heavy (non-hydrogen) atoms. The Labute approximate surface area is 64.8 Å². The van der Waals surface area contributed by atoms with E-state index >= 15 is 0 Å². The predicted octanol–water partition coefficient (Wildman–Crippen LogP) is 0.608. The summed E-state index contributed by atoms with van der Waals surface area (Å²) in [7, 11) is 1.59. The van der Waals surface area contributed by atoms with Gasteiger partial charge in [-0.2, -0.15) is 5.10 Å². The zero-order valence-corrected chi connectivity index (χ0v) is 6.57. The highest BCUT2D eigenvalue weighted by Gasteiger charge is 2.03. The molecule has 0 saturated heterocycles. The quantitative estimate of drug-likeness (QED) is 0.599. The molecule has 0 bridgehead atoms. The summed E-state index contributed by atoms with van der Waals surface area (Å²) in [4.78, 5) is 10.4. The van der Waals surface area contributed by atoms with Gasteiger partial charge in [-0.25, -0.2) is 4.68 Å². The molecule has 1 aromatic rings. The molecule has 4 heteroatoms. The number of aldehydes is 1. The van der Waals surface area contributed by atoms with Crippen LogP contribution in [-0.2, 0) is 11.5 Å². The summed E-state index contributed by atoms with van der Waals surface area (Å²) in [6, 6.07) is 0. The molecule has 0 fully saturated rings. The zero-order chi connectivity index (χ0) is 8.27. The summed E-state index contributed by atoms with van der Waals surface area (Å²) < 4.78 is 6.48. The van der Waals surface area contributed by atoms with E-state index in [9.17, 15) is 4.79 Å². The molecule has 4 nitrogen and oxygen atoms in total. The molecular formula is C7H10N2O2. The summed E-state index contributed by atoms with van der Waals surface area (Å²) in [5, 5.41) is 3.94. The van der Waals surface area contributed by atoms with E-state index in [0.717, 1.165) is 12.0 Å². The van der Waals surface area contributed by atoms with E-state index in [1.807, 2.05) is 6.92 Å². The van der Waals surface area contributed by atoms with Crippen LogP contribution in [0.5, 0.6) is 0 Å². The van der Waals surface area contributed by atoms with Gasteiger partial charge in [0.05, 0.1) is 11.8 Å². The van der Waals surface area contributed by atoms with E-state index in [1.165, 1.54) is 6.20 Å². The summed E-state index contributed by atoms with van der Waals surface area (Å²) in [6.07, 6.45) is 2.32. The van der Waals surface area contributed by atoms with Gasteiger partial charge in [0.1, 0.15) is 6.73 Å². The highest BCUT2D eigenvalue weighted by Crippen LogP contribution is 2.03. The van der Waals surface area contributed by atoms with Crippen molar-refractivity contribution in [3.8, 4) is 0 Å². The maximum Gasteiger partial charge on any atom is 0.153 e. The van der Waals surface area contributed by atoms with Crippen LogP contribution < -0.4 is 0 Å². The second-order valence-electron chi connectivity index (χ2n) is 2.22. The Morgan fingerprint density at radius 3 is 3.00 bits per heavy atom. The highest BCUT2D eigenvalue weighted by molar-refractivity contribution is 5.75. The first-order chi connectivity index (χ1) is 5.29. The van der Waals surface area contributed by atoms with E-state index in [4.69, 9.17) is 4.74 Å². The molecule has 0 N–H and O–H groups in total. The first-order valence-electron chi connectivity index (χ1n) is 3.26. The van der Waals surface area contributed by atoms with Crippen LogP contribution in [0.25, 0.3) is 0 Å². The average Bonchev–Trinajstić information content (AvgIpc) is 2.34. The summed E-state index contributed by atoms with van der Waals surface area (Å²) in [6.45, 7) is 2.22. The Hall–Kier alpha value is -1.16. The third kappa shape index (κ3) is 1.46. The molecule has 0 aliphatic rings. The maximum atomic E-state index is 10.4. The fourth-order valence-corrected chi connectivity index (χ4v) is 0.829. The molecule has 0 amide bonds. The molecule has 0 unspecified atom stereocenters. The van der Waals surface area contributed by atoms with Crippen molar-refractivity contribution >= 4 is 6.29 Å². The van der Waals surface area contributed by atoms with Crippen molar-refractivity contribution in [2.75, 3.05) is 7.11 Å². The number of nitrogens with zero attached hydrogens (tertiary/aromatic N) is 2. The van der Waals surface area contributed by atoms with Crippen LogP contribution in [0.3, 0.4) is 0 Å². The number of carbonyl (C=O) groups is 1. The van der Waals surface area contributed by atoms with Gasteiger partial charge in [-0.05, 0) is 6.92 Å². The third-order valence-corrected chi connectivity index (χ3v) is 1.52. The molecule has 60 valence electrons. The molecule has 1 rings (SSSR count). The average molecular weight is 154 g/mol. The van der Waals surface area contributed by atoms with Crippen LogP contribution in [0.2, 0.25) is 0 Å². The van der Waals surface area contributed by atoms with Crippen molar-refractivity contribution < 1.29 is 9.53 Å². The Kier molecular flexibility index (Phi) is 2.38. The fourth-order valence-electron chi connectivity index (χ4n) is 0.829. The number of rotatable bonds is 3. The van der Waals surface area contributed by atoms with Gasteiger partial charge in [0.15, 0.2) is 6.29 Å². The van der Waals surface area contributed by atoms with Crippen LogP contribution >= 0.6 is 0 Å². The molecule has 1 aromatic heterocycles. The van der Waals surface area contributed by atoms with Crippen molar-refractivity contribution in [1.82, 2.24) is 9.78 Å². The second kappa shape index (κ2) is 3.30. The van der Waals surface area contributed by atoms with Gasteiger partial charge in [0.2, 0.25) is 0 Å². The van der Waals surface area contributed by atoms with Crippen molar-refractivity contribution in [3.63, 3.8) is 0 Å². The van der Waals surface area contributed by atoms with E-state index in [-0.39, 0.29) is 0 Å². The smallest absolute Gasteiger partial charge is 0.153 e. The minimum atomic E-state index is 0.389. The lowest BCUT2D eigenvalue weighted by molar-refractivity contribution is 0.111. The van der Waals surface area contributed by atoms with Gasteiger partial charge in [-0.3, -0.25) is 4.79 Å². The van der Waals surface area contributed by atoms with Crippen LogP contribution in [0.1, 0.15) is 16.1 Å². The Bertz CT molecular complexity index is 255. The summed E-state index contributed by atoms with van der Waals surface area (Å²) >= 11 is 0. The highest BCUT2D eigenvalue weighted by atomic mass is 16.5. The van der Waals surface area contributed by atoms with Crippen LogP contribution in [0.15, 0.2) is 6.20 Å². The standard InChI is InChI=1S/C7H10N2O2/c1-6-7(4-10)3-8-9(6)5-11-2/h3-4H,5H2,1-2H3. The lowest BCUT2D eigenvalue weighted by atomic mass is 10.3. The van der Waals surface area contributed by atoms with Crippen molar-refractivity contribution in [2.24, 2.45) is 0 Å². The van der Waals surface area contributed by atoms with Gasteiger partial charge >= 0.3 is 0 Å². The van der Waals surface area contributed by atoms with Crippen molar-refractivity contribution in [2.45, 2.75) is 13.7 Å². The molecule has 0 spiro atoms. The first-order valence-corrected chi connectivity index (χ1v) is 3.26. The van der Waals surface area contributed by atoms with E-state index in [2.05, 4.69) is 5.10 Å². The molecule has 0 aliphatic heterocycles. The second-order valence-corrected chi connectivity index (χ2v) is 2.22. The first kappa shape index (κ1) is 7.94. The van der Waals surface area contributed by atoms with Crippen LogP contribution in [0, 0.1) is 6.92 Å². The lowest BCUT2D eigenvalue weighted by Gasteiger charge is -2.00. The van der Waals surface area contributed by atoms with Gasteiger partial charge < -0.3 is 4.74 Å². The Morgan fingerprint density at radius 1 is 1.82 bits per heavy atom. The van der Waals surface area contributed by atoms with Crippen LogP contribution in [-0.4, -0.2) is 23.2 Å². The zero-order valence-electron chi connectivity index (χ0n) is 6.57. The summed E-state index contributed by atoms with van der Waals surface area (Å²) in [5.74, 6) is 0. The molecule has 0 atom stereocenters. The number of methoxy groups -OCH3 is 1. The number of ether oxygens (including phenoxy) is 1. The number of hydrogen-bond acceptors (Lipinski definition) is 3. The predicted molar refractivity (Wildman–Crippen MR) is 39.4 cm³/mol. The SMILES string of the molecule is COCn1ncc(C=O)c1C. The number of hydrogen-bond donors (Lipinski definition) is 0. The Morgan fingerprint density at radius 2 is 2.55 bits per heavy atom.